The zero-order valence-corrected chi connectivity index (χ0v) is 7.14. The first kappa shape index (κ1) is 9.92. The number of nitrogens with two attached hydrogens (primary N) is 2. The van der Waals surface area contributed by atoms with Crippen LogP contribution in [0.1, 0.15) is 39.5 Å². The van der Waals surface area contributed by atoms with Crippen molar-refractivity contribution in [2.75, 3.05) is 0 Å². The van der Waals surface area contributed by atoms with Gasteiger partial charge in [-0.05, 0) is 19.3 Å². The molecule has 0 amide bonds. The molecule has 2 heteroatoms. The van der Waals surface area contributed by atoms with Crippen molar-refractivity contribution in [1.29, 1.82) is 0 Å². The Balaban J connectivity index is 0.000000371. The van der Waals surface area contributed by atoms with Gasteiger partial charge in [-0.2, -0.15) is 0 Å². The molecule has 0 aromatic rings. The first-order valence-electron chi connectivity index (χ1n) is 4.30. The minimum atomic E-state index is 0.388. The van der Waals surface area contributed by atoms with Crippen molar-refractivity contribution in [3.05, 3.63) is 0 Å². The van der Waals surface area contributed by atoms with Crippen LogP contribution in [-0.2, 0) is 0 Å². The van der Waals surface area contributed by atoms with Gasteiger partial charge in [0.05, 0.1) is 0 Å². The molecule has 0 aromatic heterocycles. The van der Waals surface area contributed by atoms with E-state index >= 15 is 0 Å². The Kier molecular flexibility index (Phi) is 5.64. The van der Waals surface area contributed by atoms with E-state index in [4.69, 9.17) is 11.5 Å². The van der Waals surface area contributed by atoms with Crippen molar-refractivity contribution in [1.82, 2.24) is 0 Å². The van der Waals surface area contributed by atoms with E-state index in [0.29, 0.717) is 12.1 Å². The third kappa shape index (κ3) is 3.85. The van der Waals surface area contributed by atoms with Gasteiger partial charge in [-0.15, -0.1) is 0 Å². The largest absolute Gasteiger partial charge is 0.328 e. The van der Waals surface area contributed by atoms with Crippen molar-refractivity contribution in [3.8, 4) is 0 Å². The quantitative estimate of drug-likeness (QED) is 0.537. The predicted molar refractivity (Wildman–Crippen MR) is 45.8 cm³/mol. The van der Waals surface area contributed by atoms with Gasteiger partial charge >= 0.3 is 0 Å². The third-order valence-electron chi connectivity index (χ3n) is 1.76. The van der Waals surface area contributed by atoms with Crippen LogP contribution in [0.5, 0.6) is 0 Å². The van der Waals surface area contributed by atoms with Crippen LogP contribution in [0.3, 0.4) is 0 Å². The fourth-order valence-electron chi connectivity index (χ4n) is 1.27. The average molecular weight is 144 g/mol. The van der Waals surface area contributed by atoms with Crippen LogP contribution >= 0.6 is 0 Å². The zero-order chi connectivity index (χ0) is 7.98. The van der Waals surface area contributed by atoms with Crippen LogP contribution in [0.2, 0.25) is 0 Å². The molecule has 62 valence electrons. The monoisotopic (exact) mass is 144 g/mol. The summed E-state index contributed by atoms with van der Waals surface area (Å²) in [6.45, 7) is 4.00. The molecule has 2 nitrogen and oxygen atoms in total. The van der Waals surface area contributed by atoms with Gasteiger partial charge in [-0.1, -0.05) is 20.3 Å². The van der Waals surface area contributed by atoms with Gasteiger partial charge in [-0.25, -0.2) is 0 Å². The fraction of sp³-hybridized carbons (Fsp3) is 1.00. The summed E-state index contributed by atoms with van der Waals surface area (Å²) in [5.74, 6) is 0. The lowest BCUT2D eigenvalue weighted by Gasteiger charge is -2.22. The van der Waals surface area contributed by atoms with E-state index in [2.05, 4.69) is 0 Å². The molecule has 1 fully saturated rings. The number of hydrogen-bond donors (Lipinski definition) is 2. The highest BCUT2D eigenvalue weighted by Crippen LogP contribution is 2.14. The molecule has 1 aliphatic rings. The molecule has 0 heterocycles. The molecule has 0 aliphatic heterocycles. The highest BCUT2D eigenvalue weighted by molar-refractivity contribution is 4.76. The van der Waals surface area contributed by atoms with Crippen molar-refractivity contribution in [3.63, 3.8) is 0 Å². The summed E-state index contributed by atoms with van der Waals surface area (Å²) in [7, 11) is 0. The Morgan fingerprint density at radius 3 is 1.60 bits per heavy atom. The molecule has 0 spiro atoms. The second-order valence-corrected chi connectivity index (χ2v) is 2.69. The van der Waals surface area contributed by atoms with E-state index in [-0.39, 0.29) is 0 Å². The van der Waals surface area contributed by atoms with Crippen LogP contribution < -0.4 is 11.5 Å². The maximum Gasteiger partial charge on any atom is 0.00535 e. The smallest absolute Gasteiger partial charge is 0.00535 e. The molecule has 0 radical (unpaired) electrons. The molecule has 2 unspecified atom stereocenters. The Morgan fingerprint density at radius 1 is 1.00 bits per heavy atom. The van der Waals surface area contributed by atoms with Crippen LogP contribution in [-0.4, -0.2) is 12.1 Å². The predicted octanol–water partition coefficient (Wildman–Crippen LogP) is 1.24. The molecule has 1 rings (SSSR count). The topological polar surface area (TPSA) is 52.0 Å². The van der Waals surface area contributed by atoms with E-state index in [9.17, 15) is 0 Å². The van der Waals surface area contributed by atoms with Crippen LogP contribution in [0.25, 0.3) is 0 Å². The van der Waals surface area contributed by atoms with Gasteiger partial charge < -0.3 is 11.5 Å². The highest BCUT2D eigenvalue weighted by atomic mass is 14.7. The van der Waals surface area contributed by atoms with Gasteiger partial charge in [-0.3, -0.25) is 0 Å². The summed E-state index contributed by atoms with van der Waals surface area (Å²) in [6, 6.07) is 0.775. The summed E-state index contributed by atoms with van der Waals surface area (Å²) in [5, 5.41) is 0. The molecular weight excluding hydrogens is 124 g/mol. The maximum absolute atomic E-state index is 5.65. The summed E-state index contributed by atoms with van der Waals surface area (Å²) in [4.78, 5) is 0. The van der Waals surface area contributed by atoms with Crippen molar-refractivity contribution < 1.29 is 0 Å². The van der Waals surface area contributed by atoms with Gasteiger partial charge in [0, 0.05) is 12.1 Å². The fourth-order valence-corrected chi connectivity index (χ4v) is 1.27. The first-order valence-corrected chi connectivity index (χ1v) is 4.30. The summed E-state index contributed by atoms with van der Waals surface area (Å²) in [5.41, 5.74) is 11.3. The average Bonchev–Trinajstić information content (AvgIpc) is 1.91. The Morgan fingerprint density at radius 2 is 1.40 bits per heavy atom. The number of rotatable bonds is 0. The van der Waals surface area contributed by atoms with Gasteiger partial charge in [0.15, 0.2) is 0 Å². The molecule has 1 saturated carbocycles. The standard InChI is InChI=1S/C6H14N2.C2H6/c7-5-2-1-3-6(8)4-5;1-2/h5-6H,1-4,7-8H2;1-2H3. The van der Waals surface area contributed by atoms with Crippen LogP contribution in [0, 0.1) is 0 Å². The van der Waals surface area contributed by atoms with E-state index in [1.807, 2.05) is 13.8 Å². The summed E-state index contributed by atoms with van der Waals surface area (Å²) < 4.78 is 0. The Hall–Kier alpha value is -0.0800. The molecule has 1 aliphatic carbocycles. The lowest BCUT2D eigenvalue weighted by Crippen LogP contribution is -2.35. The molecular formula is C8H20N2. The van der Waals surface area contributed by atoms with E-state index in [1.54, 1.807) is 0 Å². The SMILES string of the molecule is CC.NC1CCCC(N)C1. The molecule has 10 heavy (non-hydrogen) atoms. The minimum absolute atomic E-state index is 0.388. The molecule has 0 bridgehead atoms. The van der Waals surface area contributed by atoms with Crippen molar-refractivity contribution in [2.45, 2.75) is 51.6 Å². The molecule has 0 aromatic carbocycles. The molecule has 4 N–H and O–H groups in total. The van der Waals surface area contributed by atoms with Crippen molar-refractivity contribution in [2.24, 2.45) is 11.5 Å². The lowest BCUT2D eigenvalue weighted by atomic mass is 9.92. The highest BCUT2D eigenvalue weighted by Gasteiger charge is 2.14. The van der Waals surface area contributed by atoms with Crippen LogP contribution in [0.4, 0.5) is 0 Å². The van der Waals surface area contributed by atoms with E-state index in [0.717, 1.165) is 6.42 Å². The molecule has 2 atom stereocenters. The second-order valence-electron chi connectivity index (χ2n) is 2.69. The normalized spacial score (nSPS) is 32.4. The maximum atomic E-state index is 5.65. The minimum Gasteiger partial charge on any atom is -0.328 e. The van der Waals surface area contributed by atoms with Gasteiger partial charge in [0.25, 0.3) is 0 Å². The number of hydrogen-bond acceptors (Lipinski definition) is 2. The van der Waals surface area contributed by atoms with Gasteiger partial charge in [0.2, 0.25) is 0 Å². The summed E-state index contributed by atoms with van der Waals surface area (Å²) >= 11 is 0. The summed E-state index contributed by atoms with van der Waals surface area (Å²) in [6.07, 6.45) is 4.60. The Bertz CT molecular complexity index is 65.7. The van der Waals surface area contributed by atoms with E-state index in [1.165, 1.54) is 19.3 Å². The Labute approximate surface area is 64.0 Å². The van der Waals surface area contributed by atoms with E-state index < -0.39 is 0 Å². The van der Waals surface area contributed by atoms with Gasteiger partial charge in [0.1, 0.15) is 0 Å². The third-order valence-corrected chi connectivity index (χ3v) is 1.76. The first-order chi connectivity index (χ1) is 4.79. The second kappa shape index (κ2) is 5.69. The van der Waals surface area contributed by atoms with Crippen LogP contribution in [0.15, 0.2) is 0 Å². The lowest BCUT2D eigenvalue weighted by molar-refractivity contribution is 0.392. The molecule has 0 saturated heterocycles. The zero-order valence-electron chi connectivity index (χ0n) is 7.14. The van der Waals surface area contributed by atoms with Crippen molar-refractivity contribution >= 4 is 0 Å².